The molecule has 2 bridgehead atoms. The summed E-state index contributed by atoms with van der Waals surface area (Å²) in [6.07, 6.45) is 8.09. The maximum Gasteiger partial charge on any atom is 0.433 e. The number of hydrogen-bond donors (Lipinski definition) is 2. The number of nitrogens with one attached hydrogen (secondary N) is 1. The minimum Gasteiger partial charge on any atom is -0.480 e. The molecule has 3 atom stereocenters. The Morgan fingerprint density at radius 1 is 1.02 bits per heavy atom. The molecule has 4 aromatic rings. The number of imidazole rings is 1. The molecule has 4 fully saturated rings. The standard InChI is InChI=1S/C37H43F3N8O4/c1-47(19-36(20-51-2)9-3-4-10-36)29-15-27(22-11-26(21-5-6-21)43-30(12-22)37(38,39)40)44-35-33(29)45-34(46-35)28-16-42-31(17-41-28)48-23-7-8-24(48)14-25(13-23)52-18-32(49)50/h11-12,15-17,21,23-25H,3-10,13-14,18-20H2,1-2H3,(H,49,50)(H,44,45,46)/t23-,24+,25+. The Kier molecular flexibility index (Phi) is 9.05. The number of aromatic nitrogens is 6. The molecule has 2 aliphatic carbocycles. The molecule has 12 nitrogen and oxygen atoms in total. The van der Waals surface area contributed by atoms with Crippen LogP contribution in [-0.4, -0.2) is 93.1 Å². The molecule has 6 heterocycles. The van der Waals surface area contributed by atoms with E-state index in [-0.39, 0.29) is 36.1 Å². The first-order valence-electron chi connectivity index (χ1n) is 18.1. The number of halogens is 3. The van der Waals surface area contributed by atoms with E-state index in [9.17, 15) is 18.0 Å². The zero-order valence-electron chi connectivity index (χ0n) is 29.3. The Labute approximate surface area is 299 Å². The summed E-state index contributed by atoms with van der Waals surface area (Å²) in [7, 11) is 3.72. The number of H-pyrrole nitrogens is 1. The lowest BCUT2D eigenvalue weighted by molar-refractivity contribution is -0.145. The Morgan fingerprint density at radius 2 is 1.77 bits per heavy atom. The number of anilines is 2. The predicted octanol–water partition coefficient (Wildman–Crippen LogP) is 6.62. The fourth-order valence-electron chi connectivity index (χ4n) is 8.75. The van der Waals surface area contributed by atoms with Gasteiger partial charge in [-0.3, -0.25) is 0 Å². The van der Waals surface area contributed by atoms with Gasteiger partial charge in [0.25, 0.3) is 0 Å². The highest BCUT2D eigenvalue weighted by Gasteiger charge is 2.42. The molecule has 2 saturated carbocycles. The summed E-state index contributed by atoms with van der Waals surface area (Å²) in [5.74, 6) is 0.253. The molecule has 8 rings (SSSR count). The van der Waals surface area contributed by atoms with Crippen LogP contribution in [0.2, 0.25) is 0 Å². The van der Waals surface area contributed by atoms with Crippen molar-refractivity contribution in [2.24, 2.45) is 5.41 Å². The van der Waals surface area contributed by atoms with Gasteiger partial charge in [-0.1, -0.05) is 12.8 Å². The number of aliphatic carboxylic acids is 1. The van der Waals surface area contributed by atoms with Crippen LogP contribution in [0.4, 0.5) is 24.7 Å². The van der Waals surface area contributed by atoms with E-state index in [0.29, 0.717) is 52.8 Å². The third-order valence-electron chi connectivity index (χ3n) is 11.2. The SMILES string of the molecule is COCC1(CN(C)c2cc(-c3cc(C4CC4)nc(C(F)(F)F)c3)nc3nc(-c4cnc(N5[C@@H]6CC[C@H]5C[C@@H](OCC(=O)O)C6)cn4)[nH]c23)CCCC1. The van der Waals surface area contributed by atoms with Crippen LogP contribution < -0.4 is 9.80 Å². The van der Waals surface area contributed by atoms with Gasteiger partial charge in [0, 0.05) is 55.4 Å². The van der Waals surface area contributed by atoms with Crippen LogP contribution in [0.3, 0.4) is 0 Å². The molecule has 2 N–H and O–H groups in total. The number of carboxylic acid groups (broad SMARTS) is 1. The molecule has 0 spiro atoms. The second-order valence-electron chi connectivity index (χ2n) is 15.1. The Balaban J connectivity index is 1.14. The van der Waals surface area contributed by atoms with Crippen LogP contribution >= 0.6 is 0 Å². The van der Waals surface area contributed by atoms with Gasteiger partial charge >= 0.3 is 12.1 Å². The molecule has 0 unspecified atom stereocenters. The van der Waals surface area contributed by atoms with Crippen LogP contribution in [0.15, 0.2) is 30.6 Å². The van der Waals surface area contributed by atoms with Gasteiger partial charge in [0.2, 0.25) is 0 Å². The third-order valence-corrected chi connectivity index (χ3v) is 11.2. The Morgan fingerprint density at radius 3 is 2.40 bits per heavy atom. The quantitative estimate of drug-likeness (QED) is 0.163. The first kappa shape index (κ1) is 34.7. The molecule has 4 aromatic heterocycles. The molecule has 2 aliphatic heterocycles. The lowest BCUT2D eigenvalue weighted by Gasteiger charge is -2.39. The number of fused-ring (bicyclic) bond motifs is 3. The number of aromatic amines is 1. The number of carboxylic acids is 1. The number of rotatable bonds is 12. The number of methoxy groups -OCH3 is 1. The number of piperidine rings is 1. The number of hydrogen-bond acceptors (Lipinski definition) is 10. The minimum atomic E-state index is -4.59. The average molecular weight is 721 g/mol. The lowest BCUT2D eigenvalue weighted by Crippen LogP contribution is -2.46. The highest BCUT2D eigenvalue weighted by molar-refractivity contribution is 5.91. The van der Waals surface area contributed by atoms with Crippen molar-refractivity contribution < 1.29 is 32.5 Å². The van der Waals surface area contributed by atoms with Crippen LogP contribution in [0.1, 0.15) is 81.5 Å². The van der Waals surface area contributed by atoms with Gasteiger partial charge in [0.05, 0.1) is 36.5 Å². The van der Waals surface area contributed by atoms with Gasteiger partial charge in [-0.25, -0.2) is 29.7 Å². The topological polar surface area (TPSA) is 142 Å². The van der Waals surface area contributed by atoms with Crippen LogP contribution in [0.5, 0.6) is 0 Å². The van der Waals surface area contributed by atoms with Crippen molar-refractivity contribution >= 4 is 28.6 Å². The van der Waals surface area contributed by atoms with Gasteiger partial charge in [-0.2, -0.15) is 13.2 Å². The summed E-state index contributed by atoms with van der Waals surface area (Å²) in [6.45, 7) is 1.02. The number of alkyl halides is 3. The predicted molar refractivity (Wildman–Crippen MR) is 187 cm³/mol. The normalized spacial score (nSPS) is 22.7. The van der Waals surface area contributed by atoms with E-state index >= 15 is 0 Å². The molecule has 0 amide bonds. The molecular weight excluding hydrogens is 677 g/mol. The van der Waals surface area contributed by atoms with Crippen LogP contribution in [0, 0.1) is 5.41 Å². The number of carbonyl (C=O) groups is 1. The third kappa shape index (κ3) is 6.92. The van der Waals surface area contributed by atoms with Gasteiger partial charge in [0.1, 0.15) is 29.3 Å². The summed E-state index contributed by atoms with van der Waals surface area (Å²) in [5, 5.41) is 9.04. The van der Waals surface area contributed by atoms with Gasteiger partial charge in [-0.15, -0.1) is 0 Å². The second-order valence-corrected chi connectivity index (χ2v) is 15.1. The van der Waals surface area contributed by atoms with Gasteiger partial charge < -0.3 is 29.4 Å². The van der Waals surface area contributed by atoms with Crippen molar-refractivity contribution in [3.8, 4) is 22.8 Å². The molecule has 2 saturated heterocycles. The van der Waals surface area contributed by atoms with E-state index in [2.05, 4.69) is 19.8 Å². The Hall–Kier alpha value is -4.37. The maximum atomic E-state index is 14.0. The van der Waals surface area contributed by atoms with E-state index in [1.54, 1.807) is 25.6 Å². The van der Waals surface area contributed by atoms with Crippen molar-refractivity contribution in [3.05, 3.63) is 42.0 Å². The lowest BCUT2D eigenvalue weighted by atomic mass is 9.86. The van der Waals surface area contributed by atoms with Gasteiger partial charge in [-0.05, 0) is 69.6 Å². The fourth-order valence-corrected chi connectivity index (χ4v) is 8.75. The van der Waals surface area contributed by atoms with Crippen molar-refractivity contribution in [2.75, 3.05) is 43.7 Å². The second kappa shape index (κ2) is 13.6. The molecular formula is C37H43F3N8O4. The highest BCUT2D eigenvalue weighted by Crippen LogP contribution is 2.44. The summed E-state index contributed by atoms with van der Waals surface area (Å²) < 4.78 is 53.4. The monoisotopic (exact) mass is 720 g/mol. The molecule has 276 valence electrons. The zero-order valence-corrected chi connectivity index (χ0v) is 29.3. The summed E-state index contributed by atoms with van der Waals surface area (Å²) in [4.78, 5) is 42.0. The van der Waals surface area contributed by atoms with Crippen molar-refractivity contribution in [3.63, 3.8) is 0 Å². The first-order chi connectivity index (χ1) is 25.0. The fraction of sp³-hybridized carbons (Fsp3) is 0.568. The number of ether oxygens (including phenoxy) is 2. The zero-order chi connectivity index (χ0) is 36.2. The van der Waals surface area contributed by atoms with Crippen molar-refractivity contribution in [1.29, 1.82) is 0 Å². The van der Waals surface area contributed by atoms with Crippen molar-refractivity contribution in [1.82, 2.24) is 29.9 Å². The highest BCUT2D eigenvalue weighted by atomic mass is 19.4. The largest absolute Gasteiger partial charge is 0.480 e. The maximum absolute atomic E-state index is 14.0. The molecule has 0 radical (unpaired) electrons. The summed E-state index contributed by atoms with van der Waals surface area (Å²) in [5.41, 5.74) is 2.53. The molecule has 15 heteroatoms. The molecule has 4 aliphatic rings. The molecule has 0 aromatic carbocycles. The number of pyridine rings is 2. The summed E-state index contributed by atoms with van der Waals surface area (Å²) in [6, 6.07) is 5.05. The van der Waals surface area contributed by atoms with E-state index in [4.69, 9.17) is 34.5 Å². The number of nitrogens with zero attached hydrogens (tertiary/aromatic N) is 7. The van der Waals surface area contributed by atoms with E-state index in [1.165, 1.54) is 0 Å². The van der Waals surface area contributed by atoms with E-state index in [1.807, 2.05) is 13.1 Å². The van der Waals surface area contributed by atoms with E-state index < -0.39 is 17.8 Å². The van der Waals surface area contributed by atoms with Crippen LogP contribution in [-0.2, 0) is 20.4 Å². The minimum absolute atomic E-state index is 0.0218. The summed E-state index contributed by atoms with van der Waals surface area (Å²) >= 11 is 0. The Bertz CT molecular complexity index is 1930. The molecule has 52 heavy (non-hydrogen) atoms. The smallest absolute Gasteiger partial charge is 0.433 e. The van der Waals surface area contributed by atoms with Crippen molar-refractivity contribution in [2.45, 2.75) is 94.5 Å². The van der Waals surface area contributed by atoms with Crippen LogP contribution in [0.25, 0.3) is 33.9 Å². The van der Waals surface area contributed by atoms with Gasteiger partial charge in [0.15, 0.2) is 11.5 Å². The average Bonchev–Trinajstić information content (AvgIpc) is 3.63. The first-order valence-corrected chi connectivity index (χ1v) is 18.1. The van der Waals surface area contributed by atoms with E-state index in [0.717, 1.165) is 81.8 Å².